The summed E-state index contributed by atoms with van der Waals surface area (Å²) < 4.78 is 4.66. The molecule has 1 aromatic rings. The second-order valence-electron chi connectivity index (χ2n) is 2.16. The van der Waals surface area contributed by atoms with Crippen LogP contribution in [0.25, 0.3) is 5.57 Å². The van der Waals surface area contributed by atoms with Gasteiger partial charge in [-0.25, -0.2) is 4.79 Å². The maximum absolute atomic E-state index is 10.3. The van der Waals surface area contributed by atoms with E-state index in [2.05, 4.69) is 16.3 Å². The number of carboxylic acid groups (broad SMARTS) is 1. The average molecular weight is 153 g/mol. The minimum Gasteiger partial charge on any atom is -0.476 e. The lowest BCUT2D eigenvalue weighted by Crippen LogP contribution is -1.94. The van der Waals surface area contributed by atoms with Crippen LogP contribution in [-0.4, -0.2) is 16.2 Å². The normalized spacial score (nSPS) is 9.55. The largest absolute Gasteiger partial charge is 0.476 e. The van der Waals surface area contributed by atoms with Crippen molar-refractivity contribution in [1.82, 2.24) is 5.16 Å². The molecule has 0 amide bonds. The second-order valence-corrected chi connectivity index (χ2v) is 2.16. The first-order valence-electron chi connectivity index (χ1n) is 2.97. The Labute approximate surface area is 63.1 Å². The molecule has 0 saturated carbocycles. The lowest BCUT2D eigenvalue weighted by molar-refractivity contribution is 0.0685. The van der Waals surface area contributed by atoms with Gasteiger partial charge in [0.15, 0.2) is 11.5 Å². The van der Waals surface area contributed by atoms with Crippen LogP contribution in [0.15, 0.2) is 17.2 Å². The average Bonchev–Trinajstić information content (AvgIpc) is 2.33. The summed E-state index contributed by atoms with van der Waals surface area (Å²) in [5.41, 5.74) is 0.563. The number of allylic oxidation sites excluding steroid dienone is 1. The van der Waals surface area contributed by atoms with Crippen LogP contribution in [-0.2, 0) is 0 Å². The summed E-state index contributed by atoms with van der Waals surface area (Å²) in [7, 11) is 0. The highest BCUT2D eigenvalue weighted by atomic mass is 16.5. The summed E-state index contributed by atoms with van der Waals surface area (Å²) in [6.45, 7) is 5.29. The Morgan fingerprint density at radius 3 is 2.73 bits per heavy atom. The molecule has 0 atom stereocenters. The van der Waals surface area contributed by atoms with Gasteiger partial charge in [-0.15, -0.1) is 0 Å². The van der Waals surface area contributed by atoms with Crippen molar-refractivity contribution in [2.45, 2.75) is 6.92 Å². The number of rotatable bonds is 2. The monoisotopic (exact) mass is 153 g/mol. The van der Waals surface area contributed by atoms with Crippen LogP contribution in [0.3, 0.4) is 0 Å². The van der Waals surface area contributed by atoms with Gasteiger partial charge in [0.25, 0.3) is 0 Å². The molecule has 4 nitrogen and oxygen atoms in total. The number of carboxylic acids is 1. The van der Waals surface area contributed by atoms with Gasteiger partial charge in [-0.3, -0.25) is 0 Å². The standard InChI is InChI=1S/C7H7NO3/c1-4(2)6-3-5(7(9)10)8-11-6/h3H,1H2,2H3,(H,9,10). The molecule has 11 heavy (non-hydrogen) atoms. The zero-order valence-electron chi connectivity index (χ0n) is 6.00. The molecule has 0 unspecified atom stereocenters. The molecular weight excluding hydrogens is 146 g/mol. The van der Waals surface area contributed by atoms with Gasteiger partial charge in [-0.2, -0.15) is 0 Å². The predicted molar refractivity (Wildman–Crippen MR) is 38.2 cm³/mol. The summed E-state index contributed by atoms with van der Waals surface area (Å²) in [6.07, 6.45) is 0. The first kappa shape index (κ1) is 7.53. The Hall–Kier alpha value is -1.58. The van der Waals surface area contributed by atoms with Gasteiger partial charge in [0.05, 0.1) is 0 Å². The molecule has 0 aromatic carbocycles. The molecule has 0 radical (unpaired) electrons. The molecule has 0 aliphatic rings. The van der Waals surface area contributed by atoms with E-state index >= 15 is 0 Å². The quantitative estimate of drug-likeness (QED) is 0.697. The van der Waals surface area contributed by atoms with Crippen LogP contribution in [0.4, 0.5) is 0 Å². The lowest BCUT2D eigenvalue weighted by Gasteiger charge is -1.84. The van der Waals surface area contributed by atoms with E-state index in [1.165, 1.54) is 6.07 Å². The zero-order valence-corrected chi connectivity index (χ0v) is 6.00. The molecule has 0 bridgehead atoms. The van der Waals surface area contributed by atoms with E-state index < -0.39 is 5.97 Å². The lowest BCUT2D eigenvalue weighted by atomic mass is 10.2. The number of carbonyl (C=O) groups is 1. The highest BCUT2D eigenvalue weighted by molar-refractivity contribution is 5.85. The van der Waals surface area contributed by atoms with Crippen molar-refractivity contribution < 1.29 is 14.4 Å². The molecule has 0 fully saturated rings. The maximum atomic E-state index is 10.3. The van der Waals surface area contributed by atoms with E-state index in [4.69, 9.17) is 5.11 Å². The zero-order chi connectivity index (χ0) is 8.43. The fraction of sp³-hybridized carbons (Fsp3) is 0.143. The van der Waals surface area contributed by atoms with E-state index in [1.807, 2.05) is 0 Å². The molecule has 4 heteroatoms. The van der Waals surface area contributed by atoms with Crippen LogP contribution in [0.5, 0.6) is 0 Å². The van der Waals surface area contributed by atoms with Gasteiger partial charge in [0, 0.05) is 6.07 Å². The summed E-state index contributed by atoms with van der Waals surface area (Å²) in [5.74, 6) is -0.691. The molecule has 1 aromatic heterocycles. The van der Waals surface area contributed by atoms with Crippen LogP contribution in [0.2, 0.25) is 0 Å². The number of aromatic carboxylic acids is 1. The number of hydrogen-bond acceptors (Lipinski definition) is 3. The molecule has 1 rings (SSSR count). The fourth-order valence-electron chi connectivity index (χ4n) is 0.577. The molecular formula is C7H7NO3. The topological polar surface area (TPSA) is 63.3 Å². The SMILES string of the molecule is C=C(C)c1cc(C(=O)O)no1. The minimum atomic E-state index is -1.10. The molecule has 1 N–H and O–H groups in total. The predicted octanol–water partition coefficient (Wildman–Crippen LogP) is 1.41. The molecule has 0 aliphatic carbocycles. The third kappa shape index (κ3) is 1.46. The molecule has 0 spiro atoms. The van der Waals surface area contributed by atoms with E-state index in [9.17, 15) is 4.79 Å². The fourth-order valence-corrected chi connectivity index (χ4v) is 0.577. The molecule has 0 saturated heterocycles. The minimum absolute atomic E-state index is 0.0944. The molecule has 1 heterocycles. The summed E-state index contributed by atoms with van der Waals surface area (Å²) in [5, 5.41) is 11.7. The Morgan fingerprint density at radius 2 is 2.45 bits per heavy atom. The van der Waals surface area contributed by atoms with Crippen LogP contribution < -0.4 is 0 Å². The van der Waals surface area contributed by atoms with Crippen molar-refractivity contribution in [3.05, 3.63) is 24.1 Å². The summed E-state index contributed by atoms with van der Waals surface area (Å²) >= 11 is 0. The summed E-state index contributed by atoms with van der Waals surface area (Å²) in [6, 6.07) is 1.34. The Kier molecular flexibility index (Phi) is 1.76. The van der Waals surface area contributed by atoms with Crippen molar-refractivity contribution in [2.24, 2.45) is 0 Å². The van der Waals surface area contributed by atoms with Crippen molar-refractivity contribution in [1.29, 1.82) is 0 Å². The van der Waals surface area contributed by atoms with E-state index in [1.54, 1.807) is 6.92 Å². The van der Waals surface area contributed by atoms with E-state index in [0.29, 0.717) is 11.3 Å². The van der Waals surface area contributed by atoms with Gasteiger partial charge < -0.3 is 9.63 Å². The highest BCUT2D eigenvalue weighted by Gasteiger charge is 2.09. The van der Waals surface area contributed by atoms with Gasteiger partial charge in [-0.05, 0) is 12.5 Å². The van der Waals surface area contributed by atoms with Gasteiger partial charge in [0.2, 0.25) is 0 Å². The van der Waals surface area contributed by atoms with Crippen molar-refractivity contribution in [3.63, 3.8) is 0 Å². The van der Waals surface area contributed by atoms with Gasteiger partial charge >= 0.3 is 5.97 Å². The number of aromatic nitrogens is 1. The highest BCUT2D eigenvalue weighted by Crippen LogP contribution is 2.11. The van der Waals surface area contributed by atoms with Crippen molar-refractivity contribution in [3.8, 4) is 0 Å². The third-order valence-electron chi connectivity index (χ3n) is 1.15. The van der Waals surface area contributed by atoms with Crippen molar-refractivity contribution >= 4 is 11.5 Å². The van der Waals surface area contributed by atoms with Gasteiger partial charge in [-0.1, -0.05) is 11.7 Å². The van der Waals surface area contributed by atoms with E-state index in [-0.39, 0.29) is 5.69 Å². The number of nitrogens with zero attached hydrogens (tertiary/aromatic N) is 1. The summed E-state index contributed by atoms with van der Waals surface area (Å²) in [4.78, 5) is 10.3. The van der Waals surface area contributed by atoms with Crippen LogP contribution in [0, 0.1) is 0 Å². The smallest absolute Gasteiger partial charge is 0.358 e. The first-order valence-corrected chi connectivity index (χ1v) is 2.97. The second kappa shape index (κ2) is 2.57. The Morgan fingerprint density at radius 1 is 1.82 bits per heavy atom. The third-order valence-corrected chi connectivity index (χ3v) is 1.15. The van der Waals surface area contributed by atoms with Gasteiger partial charge in [0.1, 0.15) is 0 Å². The number of hydrogen-bond donors (Lipinski definition) is 1. The van der Waals surface area contributed by atoms with Crippen LogP contribution >= 0.6 is 0 Å². The van der Waals surface area contributed by atoms with Crippen LogP contribution in [0.1, 0.15) is 23.2 Å². The molecule has 58 valence electrons. The Balaban J connectivity index is 2.99. The van der Waals surface area contributed by atoms with E-state index in [0.717, 1.165) is 0 Å². The Bertz CT molecular complexity index is 272. The first-order chi connectivity index (χ1) is 5.11. The van der Waals surface area contributed by atoms with Crippen molar-refractivity contribution in [2.75, 3.05) is 0 Å². The maximum Gasteiger partial charge on any atom is 0.358 e. The molecule has 0 aliphatic heterocycles.